The van der Waals surface area contributed by atoms with Gasteiger partial charge in [0.2, 0.25) is 5.88 Å². The second kappa shape index (κ2) is 8.63. The van der Waals surface area contributed by atoms with Crippen molar-refractivity contribution in [1.29, 1.82) is 0 Å². The third-order valence-electron chi connectivity index (χ3n) is 3.78. The number of aliphatic hydroxyl groups excluding tert-OH is 2. The molecule has 3 aromatic heterocycles. The molecule has 0 amide bonds. The van der Waals surface area contributed by atoms with Crippen molar-refractivity contribution in [2.24, 2.45) is 0 Å². The minimum absolute atomic E-state index is 0.225. The molecule has 8 nitrogen and oxygen atoms in total. The molecule has 3 aromatic rings. The van der Waals surface area contributed by atoms with Crippen LogP contribution in [0.4, 0.5) is 8.78 Å². The minimum atomic E-state index is -3.01. The van der Waals surface area contributed by atoms with Gasteiger partial charge in [0.25, 0.3) is 0 Å². The van der Waals surface area contributed by atoms with Crippen LogP contribution in [-0.4, -0.2) is 43.9 Å². The lowest BCUT2D eigenvalue weighted by Gasteiger charge is -2.14. The topological polar surface area (TPSA) is 110 Å². The number of aromatic nitrogens is 4. The Morgan fingerprint density at radius 2 is 1.86 bits per heavy atom. The molecule has 0 saturated heterocycles. The third kappa shape index (κ3) is 4.35. The van der Waals surface area contributed by atoms with Crippen LogP contribution in [0.15, 0.2) is 42.9 Å². The van der Waals surface area contributed by atoms with E-state index in [0.717, 1.165) is 0 Å². The summed E-state index contributed by atoms with van der Waals surface area (Å²) in [5.41, 5.74) is 1.37. The van der Waals surface area contributed by atoms with E-state index < -0.39 is 12.7 Å². The van der Waals surface area contributed by atoms with Gasteiger partial charge in [-0.25, -0.2) is 19.9 Å². The molecule has 3 heterocycles. The van der Waals surface area contributed by atoms with Crippen LogP contribution in [-0.2, 0) is 6.61 Å². The Balaban J connectivity index is 1.98. The van der Waals surface area contributed by atoms with Crippen molar-refractivity contribution in [1.82, 2.24) is 19.9 Å². The Morgan fingerprint density at radius 1 is 1.11 bits per heavy atom. The Hall–Kier alpha value is -3.24. The van der Waals surface area contributed by atoms with Gasteiger partial charge in [0, 0.05) is 35.8 Å². The summed E-state index contributed by atoms with van der Waals surface area (Å²) in [6, 6.07) is 6.01. The number of aliphatic hydroxyl groups is 2. The van der Waals surface area contributed by atoms with Gasteiger partial charge in [-0.05, 0) is 18.2 Å². The molecule has 2 N–H and O–H groups in total. The molecule has 146 valence electrons. The molecular formula is C18H16F2N4O4. The summed E-state index contributed by atoms with van der Waals surface area (Å²) in [4.78, 5) is 16.0. The minimum Gasteiger partial charge on any atom is -0.494 e. The van der Waals surface area contributed by atoms with Crippen LogP contribution in [0.3, 0.4) is 0 Å². The normalized spacial score (nSPS) is 12.1. The first kappa shape index (κ1) is 19.5. The molecule has 0 saturated carbocycles. The average molecular weight is 390 g/mol. The van der Waals surface area contributed by atoms with Gasteiger partial charge >= 0.3 is 6.61 Å². The van der Waals surface area contributed by atoms with Crippen molar-refractivity contribution in [3.8, 4) is 22.9 Å². The van der Waals surface area contributed by atoms with E-state index in [1.807, 2.05) is 0 Å². The van der Waals surface area contributed by atoms with Crippen molar-refractivity contribution in [2.75, 3.05) is 7.11 Å². The van der Waals surface area contributed by atoms with Crippen LogP contribution in [0.2, 0.25) is 0 Å². The fourth-order valence-corrected chi connectivity index (χ4v) is 2.46. The van der Waals surface area contributed by atoms with Gasteiger partial charge < -0.3 is 19.7 Å². The molecule has 3 rings (SSSR count). The summed E-state index contributed by atoms with van der Waals surface area (Å²) in [6.07, 6.45) is 2.93. The highest BCUT2D eigenvalue weighted by molar-refractivity contribution is 5.67. The zero-order valence-corrected chi connectivity index (χ0v) is 14.7. The summed E-state index contributed by atoms with van der Waals surface area (Å²) in [6.45, 7) is -3.32. The van der Waals surface area contributed by atoms with Crippen molar-refractivity contribution >= 4 is 0 Å². The molecule has 0 aliphatic heterocycles. The molecule has 10 heteroatoms. The SMILES string of the molecule is COc1ccc([C@@H](O)c2cnc(CO)nc2)nc1-c1ccnc(OC(F)F)c1. The first-order chi connectivity index (χ1) is 13.5. The number of hydrogen-bond donors (Lipinski definition) is 2. The van der Waals surface area contributed by atoms with E-state index >= 15 is 0 Å². The number of rotatable bonds is 7. The summed E-state index contributed by atoms with van der Waals surface area (Å²) in [5, 5.41) is 19.6. The maximum absolute atomic E-state index is 12.4. The lowest BCUT2D eigenvalue weighted by molar-refractivity contribution is -0.0528. The van der Waals surface area contributed by atoms with Crippen LogP contribution in [0.1, 0.15) is 23.2 Å². The van der Waals surface area contributed by atoms with Crippen molar-refractivity contribution in [3.05, 3.63) is 59.9 Å². The molecule has 0 radical (unpaired) electrons. The van der Waals surface area contributed by atoms with Crippen molar-refractivity contribution in [3.63, 3.8) is 0 Å². The second-order valence-corrected chi connectivity index (χ2v) is 5.54. The predicted molar refractivity (Wildman–Crippen MR) is 92.7 cm³/mol. The van der Waals surface area contributed by atoms with Gasteiger partial charge in [-0.2, -0.15) is 8.78 Å². The lowest BCUT2D eigenvalue weighted by atomic mass is 10.1. The first-order valence-corrected chi connectivity index (χ1v) is 8.07. The van der Waals surface area contributed by atoms with Crippen LogP contribution in [0.25, 0.3) is 11.3 Å². The molecule has 0 fully saturated rings. The van der Waals surface area contributed by atoms with Crippen molar-refractivity contribution in [2.45, 2.75) is 19.3 Å². The molecule has 1 atom stereocenters. The van der Waals surface area contributed by atoms with Crippen LogP contribution in [0, 0.1) is 0 Å². The molecule has 0 aromatic carbocycles. The standard InChI is InChI=1S/C18H16F2N4O4/c1-27-13-3-2-12(17(26)11-7-22-14(9-25)23-8-11)24-16(13)10-4-5-21-15(6-10)28-18(19)20/h2-8,17-18,25-26H,9H2,1H3/t17-/m0/s1. The quantitative estimate of drug-likeness (QED) is 0.631. The molecule has 28 heavy (non-hydrogen) atoms. The number of methoxy groups -OCH3 is 1. The van der Waals surface area contributed by atoms with E-state index in [1.54, 1.807) is 18.2 Å². The van der Waals surface area contributed by atoms with E-state index in [0.29, 0.717) is 22.6 Å². The van der Waals surface area contributed by atoms with Gasteiger partial charge in [0.1, 0.15) is 24.2 Å². The highest BCUT2D eigenvalue weighted by atomic mass is 19.3. The fraction of sp³-hybridized carbons (Fsp3) is 0.222. The molecule has 0 spiro atoms. The molecular weight excluding hydrogens is 374 g/mol. The zero-order chi connectivity index (χ0) is 20.1. The highest BCUT2D eigenvalue weighted by Gasteiger charge is 2.18. The van der Waals surface area contributed by atoms with Crippen molar-refractivity contribution < 1.29 is 28.5 Å². The monoisotopic (exact) mass is 390 g/mol. The molecule has 0 bridgehead atoms. The van der Waals surface area contributed by atoms with E-state index in [1.165, 1.54) is 31.8 Å². The third-order valence-corrected chi connectivity index (χ3v) is 3.78. The van der Waals surface area contributed by atoms with Crippen LogP contribution >= 0.6 is 0 Å². The van der Waals surface area contributed by atoms with Gasteiger partial charge in [-0.15, -0.1) is 0 Å². The highest BCUT2D eigenvalue weighted by Crippen LogP contribution is 2.32. The summed E-state index contributed by atoms with van der Waals surface area (Å²) >= 11 is 0. The second-order valence-electron chi connectivity index (χ2n) is 5.54. The molecule has 0 aliphatic rings. The van der Waals surface area contributed by atoms with E-state index in [-0.39, 0.29) is 24.0 Å². The zero-order valence-electron chi connectivity index (χ0n) is 14.7. The lowest BCUT2D eigenvalue weighted by Crippen LogP contribution is -2.07. The summed E-state index contributed by atoms with van der Waals surface area (Å²) in [5.74, 6) is 0.329. The maximum Gasteiger partial charge on any atom is 0.388 e. The van der Waals surface area contributed by atoms with Gasteiger partial charge in [-0.3, -0.25) is 0 Å². The van der Waals surface area contributed by atoms with Gasteiger partial charge in [-0.1, -0.05) is 0 Å². The molecule has 0 aliphatic carbocycles. The number of nitrogens with zero attached hydrogens (tertiary/aromatic N) is 4. The van der Waals surface area contributed by atoms with E-state index in [2.05, 4.69) is 24.7 Å². The Kier molecular flexibility index (Phi) is 6.02. The number of halogens is 2. The molecule has 0 unspecified atom stereocenters. The van der Waals surface area contributed by atoms with E-state index in [9.17, 15) is 13.9 Å². The number of ether oxygens (including phenoxy) is 2. The Labute approximate surface area is 158 Å². The fourth-order valence-electron chi connectivity index (χ4n) is 2.46. The van der Waals surface area contributed by atoms with Gasteiger partial charge in [0.05, 0.1) is 12.8 Å². The predicted octanol–water partition coefficient (Wildman–Crippen LogP) is 2.12. The first-order valence-electron chi connectivity index (χ1n) is 8.07. The smallest absolute Gasteiger partial charge is 0.388 e. The van der Waals surface area contributed by atoms with Gasteiger partial charge in [0.15, 0.2) is 5.82 Å². The maximum atomic E-state index is 12.4. The Morgan fingerprint density at radius 3 is 2.50 bits per heavy atom. The number of hydrogen-bond acceptors (Lipinski definition) is 8. The van der Waals surface area contributed by atoms with Crippen LogP contribution in [0.5, 0.6) is 11.6 Å². The number of alkyl halides is 2. The van der Waals surface area contributed by atoms with Crippen LogP contribution < -0.4 is 9.47 Å². The summed E-state index contributed by atoms with van der Waals surface area (Å²) in [7, 11) is 1.44. The average Bonchev–Trinajstić information content (AvgIpc) is 2.72. The van der Waals surface area contributed by atoms with E-state index in [4.69, 9.17) is 9.84 Å². The Bertz CT molecular complexity index is 941. The summed E-state index contributed by atoms with van der Waals surface area (Å²) < 4.78 is 34.5. The number of pyridine rings is 2. The largest absolute Gasteiger partial charge is 0.494 e.